The molecule has 0 fully saturated rings. The number of carbonyl (C=O) groups is 1. The smallest absolute Gasteiger partial charge is 0.431 e. The first-order chi connectivity index (χ1) is 9.14. The third kappa shape index (κ3) is 2.15. The molecular formula is C14H14F3NO2. The second kappa shape index (κ2) is 4.54. The van der Waals surface area contributed by atoms with Gasteiger partial charge in [0.05, 0.1) is 11.9 Å². The molecule has 1 aromatic carbocycles. The zero-order valence-electron chi connectivity index (χ0n) is 11.3. The van der Waals surface area contributed by atoms with Crippen LogP contribution in [0.25, 0.3) is 10.9 Å². The van der Waals surface area contributed by atoms with Crippen LogP contribution in [-0.4, -0.2) is 15.6 Å². The molecule has 1 heterocycles. The number of fused-ring (bicyclic) bond motifs is 1. The second-order valence-corrected chi connectivity index (χ2v) is 4.86. The van der Waals surface area contributed by atoms with Gasteiger partial charge in [-0.1, -0.05) is 12.1 Å². The van der Waals surface area contributed by atoms with Gasteiger partial charge in [-0.05, 0) is 25.0 Å². The van der Waals surface area contributed by atoms with Crippen LogP contribution in [0.2, 0.25) is 0 Å². The Hall–Kier alpha value is -1.98. The number of aryl methyl sites for hydroxylation is 3. The minimum Gasteiger partial charge on any atom is -0.481 e. The predicted octanol–water partition coefficient (Wildman–Crippen LogP) is 3.44. The van der Waals surface area contributed by atoms with Gasteiger partial charge < -0.3 is 9.67 Å². The van der Waals surface area contributed by atoms with E-state index in [0.717, 1.165) is 15.7 Å². The molecule has 0 radical (unpaired) electrons. The van der Waals surface area contributed by atoms with Crippen molar-refractivity contribution in [2.75, 3.05) is 0 Å². The van der Waals surface area contributed by atoms with Crippen LogP contribution in [0.4, 0.5) is 13.2 Å². The summed E-state index contributed by atoms with van der Waals surface area (Å²) in [5, 5.41) is 9.23. The summed E-state index contributed by atoms with van der Waals surface area (Å²) >= 11 is 0. The van der Waals surface area contributed by atoms with Crippen LogP contribution in [-0.2, 0) is 24.4 Å². The molecule has 0 saturated heterocycles. The highest BCUT2D eigenvalue weighted by molar-refractivity contribution is 5.92. The molecule has 0 atom stereocenters. The molecule has 0 bridgehead atoms. The minimum absolute atomic E-state index is 0.175. The summed E-state index contributed by atoms with van der Waals surface area (Å²) in [5.74, 6) is -1.28. The molecule has 2 aromatic rings. The van der Waals surface area contributed by atoms with Crippen molar-refractivity contribution in [3.05, 3.63) is 34.5 Å². The van der Waals surface area contributed by atoms with Gasteiger partial charge in [-0.2, -0.15) is 13.2 Å². The van der Waals surface area contributed by atoms with E-state index < -0.39 is 24.3 Å². The predicted molar refractivity (Wildman–Crippen MR) is 68.7 cm³/mol. The van der Waals surface area contributed by atoms with Crippen LogP contribution in [0, 0.1) is 13.8 Å². The summed E-state index contributed by atoms with van der Waals surface area (Å²) < 4.78 is 40.7. The minimum atomic E-state index is -4.58. The second-order valence-electron chi connectivity index (χ2n) is 4.86. The Balaban J connectivity index is 2.93. The van der Waals surface area contributed by atoms with Crippen LogP contribution in [0.1, 0.15) is 22.4 Å². The number of aromatic nitrogens is 1. The first-order valence-corrected chi connectivity index (χ1v) is 6.01. The quantitative estimate of drug-likeness (QED) is 0.918. The number of hydrogen-bond acceptors (Lipinski definition) is 1. The molecule has 0 aliphatic heterocycles. The monoisotopic (exact) mass is 285 g/mol. The first-order valence-electron chi connectivity index (χ1n) is 6.01. The molecule has 0 unspecified atom stereocenters. The molecule has 0 spiro atoms. The van der Waals surface area contributed by atoms with Crippen LogP contribution >= 0.6 is 0 Å². The molecule has 2 rings (SSSR count). The van der Waals surface area contributed by atoms with Gasteiger partial charge in [0, 0.05) is 18.0 Å². The van der Waals surface area contributed by atoms with Gasteiger partial charge in [0.1, 0.15) is 5.69 Å². The summed E-state index contributed by atoms with van der Waals surface area (Å²) in [6, 6.07) is 3.27. The van der Waals surface area contributed by atoms with E-state index in [9.17, 15) is 18.0 Å². The topological polar surface area (TPSA) is 42.2 Å². The summed E-state index contributed by atoms with van der Waals surface area (Å²) in [6.07, 6.45) is -5.23. The Morgan fingerprint density at radius 1 is 1.30 bits per heavy atom. The molecule has 108 valence electrons. The number of hydrogen-bond donors (Lipinski definition) is 1. The van der Waals surface area contributed by atoms with Crippen molar-refractivity contribution in [1.29, 1.82) is 0 Å². The third-order valence-corrected chi connectivity index (χ3v) is 3.58. The van der Waals surface area contributed by atoms with Gasteiger partial charge in [-0.25, -0.2) is 0 Å². The Morgan fingerprint density at radius 2 is 1.90 bits per heavy atom. The Labute approximate surface area is 113 Å². The van der Waals surface area contributed by atoms with Gasteiger partial charge in [-0.15, -0.1) is 0 Å². The Morgan fingerprint density at radius 3 is 2.40 bits per heavy atom. The van der Waals surface area contributed by atoms with E-state index in [-0.39, 0.29) is 5.56 Å². The molecule has 0 amide bonds. The fraction of sp³-hybridized carbons (Fsp3) is 0.357. The average Bonchev–Trinajstić information content (AvgIpc) is 2.56. The maximum absolute atomic E-state index is 13.2. The fourth-order valence-electron chi connectivity index (χ4n) is 2.61. The van der Waals surface area contributed by atoms with Crippen molar-refractivity contribution >= 4 is 16.9 Å². The van der Waals surface area contributed by atoms with Crippen LogP contribution in [0.15, 0.2) is 12.1 Å². The molecule has 6 heteroatoms. The van der Waals surface area contributed by atoms with Crippen molar-refractivity contribution in [3.63, 3.8) is 0 Å². The Kier molecular flexibility index (Phi) is 3.28. The largest absolute Gasteiger partial charge is 0.481 e. The third-order valence-electron chi connectivity index (χ3n) is 3.58. The summed E-state index contributed by atoms with van der Waals surface area (Å²) in [5.41, 5.74) is 0.976. The molecule has 20 heavy (non-hydrogen) atoms. The molecule has 1 aromatic heterocycles. The van der Waals surface area contributed by atoms with Gasteiger partial charge in [0.2, 0.25) is 0 Å². The lowest BCUT2D eigenvalue weighted by Gasteiger charge is -2.11. The summed E-state index contributed by atoms with van der Waals surface area (Å²) in [7, 11) is 1.32. The highest BCUT2D eigenvalue weighted by Crippen LogP contribution is 2.39. The van der Waals surface area contributed by atoms with E-state index in [4.69, 9.17) is 5.11 Å². The lowest BCUT2D eigenvalue weighted by atomic mass is 10.0. The molecule has 0 aliphatic rings. The van der Waals surface area contributed by atoms with Gasteiger partial charge in [-0.3, -0.25) is 4.79 Å². The SMILES string of the molecule is Cc1ccc2c(CC(=O)O)c(C(F)(F)F)n(C)c2c1C. The van der Waals surface area contributed by atoms with Gasteiger partial charge >= 0.3 is 12.1 Å². The number of nitrogens with zero attached hydrogens (tertiary/aromatic N) is 1. The van der Waals surface area contributed by atoms with E-state index in [1.54, 1.807) is 19.1 Å². The fourth-order valence-corrected chi connectivity index (χ4v) is 2.61. The number of alkyl halides is 3. The Bertz CT molecular complexity index is 699. The molecular weight excluding hydrogens is 271 g/mol. The molecule has 0 saturated carbocycles. The van der Waals surface area contributed by atoms with Gasteiger partial charge in [0.25, 0.3) is 0 Å². The molecule has 1 N–H and O–H groups in total. The van der Waals surface area contributed by atoms with Crippen molar-refractivity contribution < 1.29 is 23.1 Å². The zero-order chi connectivity index (χ0) is 15.2. The van der Waals surface area contributed by atoms with Gasteiger partial charge in [0.15, 0.2) is 0 Å². The maximum atomic E-state index is 13.2. The van der Waals surface area contributed by atoms with Crippen molar-refractivity contribution in [1.82, 2.24) is 4.57 Å². The van der Waals surface area contributed by atoms with E-state index in [1.807, 2.05) is 6.92 Å². The number of rotatable bonds is 2. The number of aliphatic carboxylic acids is 1. The van der Waals surface area contributed by atoms with Crippen molar-refractivity contribution in [2.24, 2.45) is 7.05 Å². The van der Waals surface area contributed by atoms with Crippen molar-refractivity contribution in [2.45, 2.75) is 26.4 Å². The summed E-state index contributed by atoms with van der Waals surface area (Å²) in [4.78, 5) is 10.9. The van der Waals surface area contributed by atoms with E-state index in [0.29, 0.717) is 10.9 Å². The van der Waals surface area contributed by atoms with E-state index >= 15 is 0 Å². The highest BCUT2D eigenvalue weighted by Gasteiger charge is 2.39. The van der Waals surface area contributed by atoms with Crippen molar-refractivity contribution in [3.8, 4) is 0 Å². The first kappa shape index (κ1) is 14.4. The normalized spacial score (nSPS) is 12.1. The standard InChI is InChI=1S/C14H14F3NO2/c1-7-4-5-9-10(6-11(19)20)13(14(15,16)17)18(3)12(9)8(7)2/h4-5H,6H2,1-3H3,(H,19,20). The number of carboxylic acid groups (broad SMARTS) is 1. The maximum Gasteiger partial charge on any atom is 0.431 e. The van der Waals surface area contributed by atoms with Crippen LogP contribution in [0.3, 0.4) is 0 Å². The number of benzene rings is 1. The lowest BCUT2D eigenvalue weighted by molar-refractivity contribution is -0.144. The highest BCUT2D eigenvalue weighted by atomic mass is 19.4. The van der Waals surface area contributed by atoms with E-state index in [2.05, 4.69) is 0 Å². The lowest BCUT2D eigenvalue weighted by Crippen LogP contribution is -2.15. The zero-order valence-corrected chi connectivity index (χ0v) is 11.3. The average molecular weight is 285 g/mol. The van der Waals surface area contributed by atoms with E-state index in [1.165, 1.54) is 7.05 Å². The molecule has 0 aliphatic carbocycles. The van der Waals surface area contributed by atoms with Crippen LogP contribution < -0.4 is 0 Å². The number of halogens is 3. The van der Waals surface area contributed by atoms with Crippen LogP contribution in [0.5, 0.6) is 0 Å². The molecule has 3 nitrogen and oxygen atoms in total. The number of carboxylic acids is 1. The summed E-state index contributed by atoms with van der Waals surface area (Å²) in [6.45, 7) is 3.55.